The fraction of sp³-hybridized carbons (Fsp3) is 0.286. The molecule has 0 N–H and O–H groups in total. The number of benzene rings is 1. The van der Waals surface area contributed by atoms with Crippen molar-refractivity contribution in [1.29, 1.82) is 0 Å². The molecule has 0 fully saturated rings. The van der Waals surface area contributed by atoms with Gasteiger partial charge in [0.1, 0.15) is 0 Å². The highest BCUT2D eigenvalue weighted by Crippen LogP contribution is 2.35. The van der Waals surface area contributed by atoms with Crippen LogP contribution in [0.5, 0.6) is 0 Å². The first-order chi connectivity index (χ1) is 7.95. The van der Waals surface area contributed by atoms with Gasteiger partial charge in [0.2, 0.25) is 0 Å². The first-order valence-corrected chi connectivity index (χ1v) is 5.84. The zero-order valence-corrected chi connectivity index (χ0v) is 9.19. The van der Waals surface area contributed by atoms with Crippen LogP contribution in [0.1, 0.15) is 36.8 Å². The molecule has 0 bridgehead atoms. The van der Waals surface area contributed by atoms with Gasteiger partial charge in [-0.1, -0.05) is 24.3 Å². The Bertz CT molecular complexity index is 495. The van der Waals surface area contributed by atoms with Gasteiger partial charge in [-0.3, -0.25) is 0 Å². The van der Waals surface area contributed by atoms with Crippen molar-refractivity contribution in [3.63, 3.8) is 0 Å². The third-order valence-corrected chi connectivity index (χ3v) is 3.22. The van der Waals surface area contributed by atoms with Crippen LogP contribution >= 0.6 is 0 Å². The van der Waals surface area contributed by atoms with E-state index >= 15 is 0 Å². The number of fused-ring (bicyclic) bond motifs is 2. The van der Waals surface area contributed by atoms with Crippen LogP contribution < -0.4 is 0 Å². The summed E-state index contributed by atoms with van der Waals surface area (Å²) in [5.74, 6) is 0. The van der Waals surface area contributed by atoms with E-state index in [0.717, 1.165) is 12.8 Å². The van der Waals surface area contributed by atoms with Crippen LogP contribution in [0.3, 0.4) is 0 Å². The Balaban J connectivity index is 2.21. The normalized spacial score (nSPS) is 18.8. The second-order valence-corrected chi connectivity index (χ2v) is 4.25. The first kappa shape index (κ1) is 9.52. The molecule has 0 saturated carbocycles. The fourth-order valence-electron chi connectivity index (χ4n) is 2.42. The predicted octanol–water partition coefficient (Wildman–Crippen LogP) is 4.41. The second-order valence-electron chi connectivity index (χ2n) is 4.25. The Morgan fingerprint density at radius 3 is 2.88 bits per heavy atom. The smallest absolute Gasteiger partial charge is 0.0668 e. The molecule has 0 atom stereocenters. The summed E-state index contributed by atoms with van der Waals surface area (Å²) < 4.78 is 0. The van der Waals surface area contributed by atoms with E-state index in [1.807, 2.05) is 6.08 Å². The van der Waals surface area contributed by atoms with Crippen LogP contribution in [0.15, 0.2) is 46.4 Å². The van der Waals surface area contributed by atoms with Crippen molar-refractivity contribution < 1.29 is 0 Å². The lowest BCUT2D eigenvalue weighted by molar-refractivity contribution is 0.701. The summed E-state index contributed by atoms with van der Waals surface area (Å²) >= 11 is 0. The molecule has 1 aromatic rings. The first-order valence-electron chi connectivity index (χ1n) is 5.84. The Kier molecular flexibility index (Phi) is 2.41. The lowest BCUT2D eigenvalue weighted by atomic mass is 9.88. The Morgan fingerprint density at radius 1 is 1.00 bits per heavy atom. The molecule has 2 aliphatic rings. The van der Waals surface area contributed by atoms with Crippen LogP contribution in [0.4, 0.5) is 0 Å². The second kappa shape index (κ2) is 4.05. The Labute approximate surface area is 95.4 Å². The van der Waals surface area contributed by atoms with Crippen LogP contribution in [0.25, 0.3) is 11.6 Å². The molecule has 2 nitrogen and oxygen atoms in total. The summed E-state index contributed by atoms with van der Waals surface area (Å²) in [5.41, 5.74) is 5.18. The van der Waals surface area contributed by atoms with Crippen molar-refractivity contribution in [1.82, 2.24) is 0 Å². The van der Waals surface area contributed by atoms with E-state index in [-0.39, 0.29) is 0 Å². The number of rotatable bonds is 0. The van der Waals surface area contributed by atoms with Gasteiger partial charge in [0.25, 0.3) is 0 Å². The standard InChI is InChI=1S/C14H14N2/c1-2-6-12-11(5-1)9-10-15-16-14-8-4-3-7-13(12)14/h1-2,5-6,9-10H,3-4,7-8H2. The van der Waals surface area contributed by atoms with Crippen molar-refractivity contribution >= 4 is 11.6 Å². The average molecular weight is 210 g/mol. The molecular formula is C14H14N2. The number of hydrogen-bond acceptors (Lipinski definition) is 2. The van der Waals surface area contributed by atoms with Crippen molar-refractivity contribution in [2.24, 2.45) is 10.2 Å². The third kappa shape index (κ3) is 1.60. The molecule has 2 heteroatoms. The number of nitrogens with zero attached hydrogens (tertiary/aromatic N) is 2. The van der Waals surface area contributed by atoms with Gasteiger partial charge in [0.05, 0.1) is 11.9 Å². The van der Waals surface area contributed by atoms with E-state index in [2.05, 4.69) is 34.5 Å². The minimum atomic E-state index is 1.07. The third-order valence-electron chi connectivity index (χ3n) is 3.22. The monoisotopic (exact) mass is 210 g/mol. The van der Waals surface area contributed by atoms with Crippen LogP contribution in [-0.2, 0) is 0 Å². The predicted molar refractivity (Wildman–Crippen MR) is 65.7 cm³/mol. The van der Waals surface area contributed by atoms with Crippen LogP contribution in [-0.4, -0.2) is 0 Å². The summed E-state index contributed by atoms with van der Waals surface area (Å²) in [4.78, 5) is 0. The van der Waals surface area contributed by atoms with Gasteiger partial charge in [-0.15, -0.1) is 0 Å². The molecule has 0 unspecified atom stereocenters. The lowest BCUT2D eigenvalue weighted by Crippen LogP contribution is -2.00. The van der Waals surface area contributed by atoms with Gasteiger partial charge in [-0.2, -0.15) is 10.2 Å². The fourth-order valence-corrected chi connectivity index (χ4v) is 2.42. The summed E-state index contributed by atoms with van der Waals surface area (Å²) in [6.07, 6.45) is 8.55. The molecular weight excluding hydrogens is 196 g/mol. The van der Waals surface area contributed by atoms with Gasteiger partial charge in [-0.05, 0) is 48.5 Å². The minimum Gasteiger partial charge on any atom is -0.159 e. The van der Waals surface area contributed by atoms with Gasteiger partial charge in [-0.25, -0.2) is 0 Å². The summed E-state index contributed by atoms with van der Waals surface area (Å²) in [5, 5.41) is 8.42. The Hall–Kier alpha value is -1.70. The van der Waals surface area contributed by atoms with Gasteiger partial charge < -0.3 is 0 Å². The molecule has 0 amide bonds. The lowest BCUT2D eigenvalue weighted by Gasteiger charge is -2.19. The Morgan fingerprint density at radius 2 is 1.88 bits per heavy atom. The van der Waals surface area contributed by atoms with Crippen LogP contribution in [0.2, 0.25) is 0 Å². The van der Waals surface area contributed by atoms with Crippen molar-refractivity contribution in [3.8, 4) is 0 Å². The molecule has 1 aliphatic heterocycles. The van der Waals surface area contributed by atoms with Gasteiger partial charge >= 0.3 is 0 Å². The zero-order chi connectivity index (χ0) is 10.8. The molecule has 0 saturated heterocycles. The maximum Gasteiger partial charge on any atom is 0.0668 e. The highest BCUT2D eigenvalue weighted by atomic mass is 15.1. The molecule has 1 heterocycles. The van der Waals surface area contributed by atoms with E-state index in [4.69, 9.17) is 0 Å². The minimum absolute atomic E-state index is 1.07. The van der Waals surface area contributed by atoms with E-state index in [1.165, 1.54) is 35.2 Å². The number of hydrogen-bond donors (Lipinski definition) is 0. The maximum absolute atomic E-state index is 4.32. The van der Waals surface area contributed by atoms with Crippen LogP contribution in [0, 0.1) is 0 Å². The van der Waals surface area contributed by atoms with Crippen molar-refractivity contribution in [2.45, 2.75) is 25.7 Å². The molecule has 1 aromatic carbocycles. The zero-order valence-electron chi connectivity index (χ0n) is 9.19. The molecule has 80 valence electrons. The maximum atomic E-state index is 4.32. The quantitative estimate of drug-likeness (QED) is 0.606. The van der Waals surface area contributed by atoms with E-state index in [0.29, 0.717) is 0 Å². The molecule has 1 aliphatic carbocycles. The topological polar surface area (TPSA) is 24.7 Å². The SMILES string of the molecule is C1=Cc2ccccc2C2=C(CCCC2)N=N1. The highest BCUT2D eigenvalue weighted by molar-refractivity contribution is 5.76. The van der Waals surface area contributed by atoms with E-state index in [9.17, 15) is 0 Å². The van der Waals surface area contributed by atoms with E-state index in [1.54, 1.807) is 6.20 Å². The van der Waals surface area contributed by atoms with Gasteiger partial charge in [0.15, 0.2) is 0 Å². The van der Waals surface area contributed by atoms with Crippen molar-refractivity contribution in [2.75, 3.05) is 0 Å². The van der Waals surface area contributed by atoms with Crippen molar-refractivity contribution in [3.05, 3.63) is 47.3 Å². The summed E-state index contributed by atoms with van der Waals surface area (Å²) in [7, 11) is 0. The largest absolute Gasteiger partial charge is 0.159 e. The summed E-state index contributed by atoms with van der Waals surface area (Å²) in [6, 6.07) is 8.52. The average Bonchev–Trinajstić information content (AvgIpc) is 2.33. The van der Waals surface area contributed by atoms with E-state index < -0.39 is 0 Å². The number of allylic oxidation sites excluding steroid dienone is 2. The highest BCUT2D eigenvalue weighted by Gasteiger charge is 2.16. The molecule has 3 rings (SSSR count). The molecule has 0 radical (unpaired) electrons. The van der Waals surface area contributed by atoms with Gasteiger partial charge in [0, 0.05) is 0 Å². The summed E-state index contributed by atoms with van der Waals surface area (Å²) in [6.45, 7) is 0. The number of azo groups is 1. The molecule has 0 spiro atoms. The molecule has 16 heavy (non-hydrogen) atoms. The molecule has 0 aromatic heterocycles.